The second-order valence-electron chi connectivity index (χ2n) is 2.39. The van der Waals surface area contributed by atoms with E-state index in [1.54, 1.807) is 0 Å². The molecule has 0 spiro atoms. The molecule has 0 N–H and O–H groups in total. The van der Waals surface area contributed by atoms with Gasteiger partial charge in [0.15, 0.2) is 6.29 Å². The summed E-state index contributed by atoms with van der Waals surface area (Å²) in [7, 11) is 0. The lowest BCUT2D eigenvalue weighted by Gasteiger charge is -2.10. The highest BCUT2D eigenvalue weighted by molar-refractivity contribution is 5.22. The number of terminal acetylenes is 1. The highest BCUT2D eigenvalue weighted by Gasteiger charge is 1.97. The predicted molar refractivity (Wildman–Crippen MR) is 49.6 cm³/mol. The molecule has 0 aliphatic rings. The molecule has 0 heterocycles. The zero-order valence-corrected chi connectivity index (χ0v) is 7.96. The molecule has 1 unspecified atom stereocenters. The Kier molecular flexibility index (Phi) is 6.45. The topological polar surface area (TPSA) is 18.5 Å². The normalized spacial score (nSPS) is 14.0. The van der Waals surface area contributed by atoms with Crippen molar-refractivity contribution < 1.29 is 9.47 Å². The van der Waals surface area contributed by atoms with Crippen molar-refractivity contribution in [3.05, 3.63) is 11.6 Å². The van der Waals surface area contributed by atoms with Crippen molar-refractivity contribution in [2.75, 3.05) is 13.2 Å². The minimum atomic E-state index is -0.156. The highest BCUT2D eigenvalue weighted by Crippen LogP contribution is 1.95. The van der Waals surface area contributed by atoms with Crippen LogP contribution in [0.25, 0.3) is 0 Å². The lowest BCUT2D eigenvalue weighted by molar-refractivity contribution is -0.118. The zero-order valence-electron chi connectivity index (χ0n) is 7.96. The fraction of sp³-hybridized carbons (Fsp3) is 0.600. The number of rotatable bonds is 5. The lowest BCUT2D eigenvalue weighted by atomic mass is 10.3. The van der Waals surface area contributed by atoms with Crippen LogP contribution in [0.3, 0.4) is 0 Å². The monoisotopic (exact) mass is 168 g/mol. The van der Waals surface area contributed by atoms with Gasteiger partial charge in [-0.15, -0.1) is 6.42 Å². The summed E-state index contributed by atoms with van der Waals surface area (Å²) in [6, 6.07) is 0. The standard InChI is InChI=1S/C10H16O2/c1-5-9(3)7-8-12-10(4)11-6-2/h1,7,10H,6,8H2,2-4H3/b9-7+. The molecule has 2 nitrogen and oxygen atoms in total. The molecule has 1 atom stereocenters. The van der Waals surface area contributed by atoms with Crippen molar-refractivity contribution in [2.24, 2.45) is 0 Å². The van der Waals surface area contributed by atoms with Gasteiger partial charge in [0.25, 0.3) is 0 Å². The largest absolute Gasteiger partial charge is 0.353 e. The van der Waals surface area contributed by atoms with E-state index >= 15 is 0 Å². The molecule has 0 aliphatic carbocycles. The van der Waals surface area contributed by atoms with E-state index in [0.29, 0.717) is 13.2 Å². The Balaban J connectivity index is 3.50. The summed E-state index contributed by atoms with van der Waals surface area (Å²) in [6.07, 6.45) is 6.84. The maximum Gasteiger partial charge on any atom is 0.155 e. The van der Waals surface area contributed by atoms with Crippen LogP contribution in [0.2, 0.25) is 0 Å². The Bertz CT molecular complexity index is 177. The Hall–Kier alpha value is -0.780. The van der Waals surface area contributed by atoms with Crippen LogP contribution >= 0.6 is 0 Å². The van der Waals surface area contributed by atoms with Crippen molar-refractivity contribution in [2.45, 2.75) is 27.1 Å². The number of hydrogen-bond donors (Lipinski definition) is 0. The van der Waals surface area contributed by atoms with Gasteiger partial charge in [-0.3, -0.25) is 0 Å². The molecule has 0 amide bonds. The molecule has 0 bridgehead atoms. The first kappa shape index (κ1) is 11.2. The van der Waals surface area contributed by atoms with Gasteiger partial charge in [0.2, 0.25) is 0 Å². The number of ether oxygens (including phenoxy) is 2. The first-order chi connectivity index (χ1) is 5.70. The van der Waals surface area contributed by atoms with E-state index in [2.05, 4.69) is 5.92 Å². The van der Waals surface area contributed by atoms with Crippen LogP contribution in [0.15, 0.2) is 11.6 Å². The molecule has 0 rings (SSSR count). The maximum absolute atomic E-state index is 5.26. The molecular weight excluding hydrogens is 152 g/mol. The van der Waals surface area contributed by atoms with Crippen molar-refractivity contribution in [1.82, 2.24) is 0 Å². The van der Waals surface area contributed by atoms with Crippen molar-refractivity contribution in [3.8, 4) is 12.3 Å². The first-order valence-corrected chi connectivity index (χ1v) is 4.07. The summed E-state index contributed by atoms with van der Waals surface area (Å²) in [5.41, 5.74) is 0.888. The van der Waals surface area contributed by atoms with E-state index < -0.39 is 0 Å². The Morgan fingerprint density at radius 1 is 1.58 bits per heavy atom. The molecule has 12 heavy (non-hydrogen) atoms. The quantitative estimate of drug-likeness (QED) is 0.461. The minimum absolute atomic E-state index is 0.156. The SMILES string of the molecule is C#C/C(C)=C/COC(C)OCC. The Morgan fingerprint density at radius 3 is 2.75 bits per heavy atom. The molecule has 0 saturated carbocycles. The van der Waals surface area contributed by atoms with Gasteiger partial charge in [-0.2, -0.15) is 0 Å². The molecule has 68 valence electrons. The summed E-state index contributed by atoms with van der Waals surface area (Å²) in [5.74, 6) is 2.51. The summed E-state index contributed by atoms with van der Waals surface area (Å²) in [4.78, 5) is 0. The molecular formula is C10H16O2. The van der Waals surface area contributed by atoms with E-state index in [4.69, 9.17) is 15.9 Å². The lowest BCUT2D eigenvalue weighted by Crippen LogP contribution is -2.12. The van der Waals surface area contributed by atoms with Crippen LogP contribution in [0.4, 0.5) is 0 Å². The number of allylic oxidation sites excluding steroid dienone is 1. The summed E-state index contributed by atoms with van der Waals surface area (Å²) < 4.78 is 10.4. The van der Waals surface area contributed by atoms with Crippen LogP contribution in [0.5, 0.6) is 0 Å². The molecule has 0 aromatic heterocycles. The Labute approximate surface area is 74.6 Å². The van der Waals surface area contributed by atoms with E-state index in [9.17, 15) is 0 Å². The van der Waals surface area contributed by atoms with Crippen LogP contribution in [-0.2, 0) is 9.47 Å². The molecule has 0 radical (unpaired) electrons. The average molecular weight is 168 g/mol. The second-order valence-corrected chi connectivity index (χ2v) is 2.39. The van der Waals surface area contributed by atoms with Crippen LogP contribution < -0.4 is 0 Å². The van der Waals surface area contributed by atoms with E-state index in [1.807, 2.05) is 26.8 Å². The van der Waals surface area contributed by atoms with Crippen LogP contribution in [0.1, 0.15) is 20.8 Å². The fourth-order valence-electron chi connectivity index (χ4n) is 0.650. The van der Waals surface area contributed by atoms with Gasteiger partial charge < -0.3 is 9.47 Å². The third-order valence-electron chi connectivity index (χ3n) is 1.35. The molecule has 0 fully saturated rings. The smallest absolute Gasteiger partial charge is 0.155 e. The zero-order chi connectivity index (χ0) is 9.40. The van der Waals surface area contributed by atoms with Crippen molar-refractivity contribution >= 4 is 0 Å². The van der Waals surface area contributed by atoms with Gasteiger partial charge >= 0.3 is 0 Å². The van der Waals surface area contributed by atoms with Gasteiger partial charge in [-0.25, -0.2) is 0 Å². The van der Waals surface area contributed by atoms with Crippen molar-refractivity contribution in [3.63, 3.8) is 0 Å². The summed E-state index contributed by atoms with van der Waals surface area (Å²) >= 11 is 0. The van der Waals surface area contributed by atoms with Gasteiger partial charge in [-0.1, -0.05) is 5.92 Å². The summed E-state index contributed by atoms with van der Waals surface area (Å²) in [6.45, 7) is 6.84. The van der Waals surface area contributed by atoms with Gasteiger partial charge in [0.05, 0.1) is 6.61 Å². The van der Waals surface area contributed by atoms with Gasteiger partial charge in [0, 0.05) is 6.61 Å². The van der Waals surface area contributed by atoms with E-state index in [0.717, 1.165) is 5.57 Å². The van der Waals surface area contributed by atoms with Crippen LogP contribution in [-0.4, -0.2) is 19.5 Å². The van der Waals surface area contributed by atoms with Gasteiger partial charge in [-0.05, 0) is 32.4 Å². The number of hydrogen-bond acceptors (Lipinski definition) is 2. The first-order valence-electron chi connectivity index (χ1n) is 4.07. The third kappa shape index (κ3) is 5.96. The highest BCUT2D eigenvalue weighted by atomic mass is 16.7. The Morgan fingerprint density at radius 2 is 2.25 bits per heavy atom. The molecule has 2 heteroatoms. The molecule has 0 aromatic rings. The van der Waals surface area contributed by atoms with Crippen molar-refractivity contribution in [1.29, 1.82) is 0 Å². The fourth-order valence-corrected chi connectivity index (χ4v) is 0.650. The maximum atomic E-state index is 5.26. The van der Waals surface area contributed by atoms with Gasteiger partial charge in [0.1, 0.15) is 0 Å². The van der Waals surface area contributed by atoms with Crippen LogP contribution in [0, 0.1) is 12.3 Å². The van der Waals surface area contributed by atoms with E-state index in [-0.39, 0.29) is 6.29 Å². The molecule has 0 aliphatic heterocycles. The second kappa shape index (κ2) is 6.90. The van der Waals surface area contributed by atoms with E-state index in [1.165, 1.54) is 0 Å². The summed E-state index contributed by atoms with van der Waals surface area (Å²) in [5, 5.41) is 0. The molecule has 0 saturated heterocycles. The average Bonchev–Trinajstić information content (AvgIpc) is 2.04. The minimum Gasteiger partial charge on any atom is -0.353 e. The molecule has 0 aromatic carbocycles. The predicted octanol–water partition coefficient (Wildman–Crippen LogP) is 1.97. The third-order valence-corrected chi connectivity index (χ3v) is 1.35.